The van der Waals surface area contributed by atoms with Gasteiger partial charge in [0.1, 0.15) is 11.8 Å². The largest absolute Gasteiger partial charge is 0.497 e. The summed E-state index contributed by atoms with van der Waals surface area (Å²) in [7, 11) is -2.17. The second-order valence-electron chi connectivity index (χ2n) is 7.60. The monoisotopic (exact) mass is 452 g/mol. The van der Waals surface area contributed by atoms with E-state index >= 15 is 0 Å². The molecule has 0 fully saturated rings. The number of anilines is 1. The molecule has 0 aliphatic rings. The van der Waals surface area contributed by atoms with Crippen LogP contribution in [0.1, 0.15) is 18.1 Å². The van der Waals surface area contributed by atoms with Crippen LogP contribution in [-0.4, -0.2) is 38.6 Å². The second kappa shape index (κ2) is 10.3. The molecular weight excluding hydrogens is 424 g/mol. The van der Waals surface area contributed by atoms with Gasteiger partial charge in [0.05, 0.1) is 19.1 Å². The number of carbonyl (C=O) groups is 1. The highest BCUT2D eigenvalue weighted by Gasteiger charge is 2.32. The average molecular weight is 453 g/mol. The first-order chi connectivity index (χ1) is 15.3. The van der Waals surface area contributed by atoms with E-state index in [9.17, 15) is 13.2 Å². The fourth-order valence-electron chi connectivity index (χ4n) is 3.62. The Labute approximate surface area is 190 Å². The Hall–Kier alpha value is -3.32. The van der Waals surface area contributed by atoms with Gasteiger partial charge in [-0.15, -0.1) is 0 Å². The minimum absolute atomic E-state index is 0.279. The van der Waals surface area contributed by atoms with Crippen molar-refractivity contribution in [1.82, 2.24) is 4.90 Å². The number of nitrogens with zero attached hydrogens (tertiary/aromatic N) is 2. The van der Waals surface area contributed by atoms with Crippen LogP contribution in [0.25, 0.3) is 0 Å². The third-order valence-corrected chi connectivity index (χ3v) is 6.38. The molecule has 0 unspecified atom stereocenters. The lowest BCUT2D eigenvalue weighted by Crippen LogP contribution is -2.49. The highest BCUT2D eigenvalue weighted by atomic mass is 32.2. The van der Waals surface area contributed by atoms with Crippen LogP contribution in [-0.2, 0) is 27.9 Å². The standard InChI is InChI=1S/C25H28N2O4S/c1-20(27(32(3,29)30)23-14-16-24(31-2)17-15-23)25(28)26(18-21-10-6-4-7-11-21)19-22-12-8-5-9-13-22/h4-17,20H,18-19H2,1-3H3/t20-/m1/s1. The maximum atomic E-state index is 13.6. The maximum absolute atomic E-state index is 13.6. The fraction of sp³-hybridized carbons (Fsp3) is 0.240. The van der Waals surface area contributed by atoms with Crippen LogP contribution in [0.4, 0.5) is 5.69 Å². The summed E-state index contributed by atoms with van der Waals surface area (Å²) in [5.41, 5.74) is 2.35. The van der Waals surface area contributed by atoms with Gasteiger partial charge in [0, 0.05) is 13.1 Å². The van der Waals surface area contributed by atoms with E-state index in [1.165, 1.54) is 0 Å². The first kappa shape index (κ1) is 23.3. The molecule has 3 aromatic carbocycles. The number of rotatable bonds is 9. The van der Waals surface area contributed by atoms with E-state index in [-0.39, 0.29) is 5.91 Å². The summed E-state index contributed by atoms with van der Waals surface area (Å²) in [6.07, 6.45) is 1.11. The number of sulfonamides is 1. The first-order valence-electron chi connectivity index (χ1n) is 10.3. The molecule has 1 atom stereocenters. The smallest absolute Gasteiger partial charge is 0.246 e. The molecule has 1 amide bonds. The van der Waals surface area contributed by atoms with Crippen molar-refractivity contribution in [3.05, 3.63) is 96.1 Å². The van der Waals surface area contributed by atoms with Crippen LogP contribution in [0, 0.1) is 0 Å². The van der Waals surface area contributed by atoms with E-state index in [2.05, 4.69) is 0 Å². The summed E-state index contributed by atoms with van der Waals surface area (Å²) in [6, 6.07) is 25.0. The van der Waals surface area contributed by atoms with Gasteiger partial charge in [-0.1, -0.05) is 60.7 Å². The SMILES string of the molecule is COc1ccc(N([C@H](C)C(=O)N(Cc2ccccc2)Cc2ccccc2)S(C)(=O)=O)cc1. The van der Waals surface area contributed by atoms with E-state index in [0.29, 0.717) is 24.5 Å². The van der Waals surface area contributed by atoms with Crippen molar-refractivity contribution >= 4 is 21.6 Å². The molecule has 0 saturated heterocycles. The lowest BCUT2D eigenvalue weighted by Gasteiger charge is -2.33. The van der Waals surface area contributed by atoms with Crippen LogP contribution in [0.3, 0.4) is 0 Å². The molecule has 0 aliphatic carbocycles. The van der Waals surface area contributed by atoms with Gasteiger partial charge >= 0.3 is 0 Å². The van der Waals surface area contributed by atoms with Crippen molar-refractivity contribution < 1.29 is 17.9 Å². The van der Waals surface area contributed by atoms with Crippen LogP contribution in [0.2, 0.25) is 0 Å². The van der Waals surface area contributed by atoms with Gasteiger partial charge in [0.2, 0.25) is 15.9 Å². The number of amides is 1. The number of methoxy groups -OCH3 is 1. The molecule has 6 nitrogen and oxygen atoms in total. The predicted molar refractivity (Wildman–Crippen MR) is 127 cm³/mol. The third kappa shape index (κ3) is 5.88. The summed E-state index contributed by atoms with van der Waals surface area (Å²) in [6.45, 7) is 2.37. The fourth-order valence-corrected chi connectivity index (χ4v) is 4.78. The normalized spacial score (nSPS) is 12.1. The molecule has 0 N–H and O–H groups in total. The van der Waals surface area contributed by atoms with Gasteiger partial charge < -0.3 is 9.64 Å². The van der Waals surface area contributed by atoms with Crippen molar-refractivity contribution in [2.75, 3.05) is 17.7 Å². The molecular formula is C25H28N2O4S. The maximum Gasteiger partial charge on any atom is 0.246 e. The van der Waals surface area contributed by atoms with Crippen LogP contribution >= 0.6 is 0 Å². The summed E-state index contributed by atoms with van der Waals surface area (Å²) in [5, 5.41) is 0. The van der Waals surface area contributed by atoms with E-state index in [4.69, 9.17) is 4.74 Å². The van der Waals surface area contributed by atoms with Gasteiger partial charge in [0.15, 0.2) is 0 Å². The quantitative estimate of drug-likeness (QED) is 0.491. The molecule has 0 heterocycles. The van der Waals surface area contributed by atoms with Crippen molar-refractivity contribution in [3.63, 3.8) is 0 Å². The molecule has 168 valence electrons. The van der Waals surface area contributed by atoms with Crippen LogP contribution < -0.4 is 9.04 Å². The molecule has 0 spiro atoms. The third-order valence-electron chi connectivity index (χ3n) is 5.14. The van der Waals surface area contributed by atoms with Gasteiger partial charge in [-0.05, 0) is 42.3 Å². The van der Waals surface area contributed by atoms with Gasteiger partial charge in [0.25, 0.3) is 0 Å². The highest BCUT2D eigenvalue weighted by Crippen LogP contribution is 2.25. The Morgan fingerprint density at radius 3 is 1.72 bits per heavy atom. The molecule has 7 heteroatoms. The molecule has 3 rings (SSSR count). The molecule has 0 bridgehead atoms. The van der Waals surface area contributed by atoms with Gasteiger partial charge in [-0.3, -0.25) is 9.10 Å². The number of benzene rings is 3. The summed E-state index contributed by atoms with van der Waals surface area (Å²) >= 11 is 0. The van der Waals surface area contributed by atoms with Crippen molar-refractivity contribution in [1.29, 1.82) is 0 Å². The van der Waals surface area contributed by atoms with Gasteiger partial charge in [-0.25, -0.2) is 8.42 Å². The number of carbonyl (C=O) groups excluding carboxylic acids is 1. The average Bonchev–Trinajstić information content (AvgIpc) is 2.79. The van der Waals surface area contributed by atoms with Crippen molar-refractivity contribution in [3.8, 4) is 5.75 Å². The molecule has 0 saturated carbocycles. The van der Waals surface area contributed by atoms with E-state index in [1.54, 1.807) is 43.2 Å². The Kier molecular flexibility index (Phi) is 7.53. The van der Waals surface area contributed by atoms with Crippen molar-refractivity contribution in [2.24, 2.45) is 0 Å². The molecule has 3 aromatic rings. The zero-order valence-corrected chi connectivity index (χ0v) is 19.3. The lowest BCUT2D eigenvalue weighted by molar-refractivity contribution is -0.133. The molecule has 32 heavy (non-hydrogen) atoms. The first-order valence-corrected chi connectivity index (χ1v) is 12.1. The number of hydrogen-bond donors (Lipinski definition) is 0. The van der Waals surface area contributed by atoms with Crippen LogP contribution in [0.15, 0.2) is 84.9 Å². The summed E-state index contributed by atoms with van der Waals surface area (Å²) in [5.74, 6) is 0.329. The molecule has 0 aliphatic heterocycles. The zero-order valence-electron chi connectivity index (χ0n) is 18.5. The summed E-state index contributed by atoms with van der Waals surface area (Å²) < 4.78 is 31.7. The highest BCUT2D eigenvalue weighted by molar-refractivity contribution is 7.92. The Balaban J connectivity index is 1.93. The number of hydrogen-bond acceptors (Lipinski definition) is 4. The molecule has 0 aromatic heterocycles. The summed E-state index contributed by atoms with van der Waals surface area (Å²) in [4.78, 5) is 15.3. The van der Waals surface area contributed by atoms with Crippen LogP contribution in [0.5, 0.6) is 5.75 Å². The minimum atomic E-state index is -3.72. The minimum Gasteiger partial charge on any atom is -0.497 e. The second-order valence-corrected chi connectivity index (χ2v) is 9.46. The zero-order chi connectivity index (χ0) is 23.1. The lowest BCUT2D eigenvalue weighted by atomic mass is 10.1. The topological polar surface area (TPSA) is 66.9 Å². The number of ether oxygens (including phenoxy) is 1. The molecule has 0 radical (unpaired) electrons. The predicted octanol–water partition coefficient (Wildman–Crippen LogP) is 4.08. The van der Waals surface area contributed by atoms with Gasteiger partial charge in [-0.2, -0.15) is 0 Å². The Bertz CT molecular complexity index is 1080. The van der Waals surface area contributed by atoms with E-state index in [0.717, 1.165) is 21.7 Å². The van der Waals surface area contributed by atoms with E-state index in [1.807, 2.05) is 60.7 Å². The Morgan fingerprint density at radius 1 is 0.844 bits per heavy atom. The van der Waals surface area contributed by atoms with E-state index < -0.39 is 16.1 Å². The Morgan fingerprint density at radius 2 is 1.31 bits per heavy atom. The van der Waals surface area contributed by atoms with Crippen molar-refractivity contribution in [2.45, 2.75) is 26.1 Å².